The van der Waals surface area contributed by atoms with Crippen molar-refractivity contribution in [2.45, 2.75) is 38.4 Å². The number of nitrogens with two attached hydrogens (primary N) is 1. The Labute approximate surface area is 99.0 Å². The molecular weight excluding hydrogens is 226 g/mol. The second kappa shape index (κ2) is 5.32. The lowest BCUT2D eigenvalue weighted by atomic mass is 9.98. The lowest BCUT2D eigenvalue weighted by Gasteiger charge is -2.24. The van der Waals surface area contributed by atoms with Crippen LogP contribution in [0.1, 0.15) is 38.4 Å². The minimum atomic E-state index is -0.782. The molecule has 0 saturated carbocycles. The van der Waals surface area contributed by atoms with Gasteiger partial charge in [0.15, 0.2) is 0 Å². The molecule has 0 radical (unpaired) electrons. The Bertz CT molecular complexity index is 335. The first-order valence-corrected chi connectivity index (χ1v) is 6.03. The zero-order valence-corrected chi connectivity index (χ0v) is 10.3. The molecule has 0 aliphatic carbocycles. The molecule has 1 aromatic heterocycles. The number of thiophene rings is 1. The van der Waals surface area contributed by atoms with Crippen LogP contribution in [0.15, 0.2) is 16.8 Å². The van der Waals surface area contributed by atoms with Gasteiger partial charge in [-0.3, -0.25) is 0 Å². The highest BCUT2D eigenvalue weighted by Gasteiger charge is 2.23. The van der Waals surface area contributed by atoms with E-state index in [1.54, 1.807) is 25.2 Å². The summed E-state index contributed by atoms with van der Waals surface area (Å²) >= 11 is 1.55. The first-order chi connectivity index (χ1) is 7.41. The van der Waals surface area contributed by atoms with Gasteiger partial charge in [-0.25, -0.2) is 4.79 Å². The van der Waals surface area contributed by atoms with Gasteiger partial charge in [0.1, 0.15) is 5.60 Å². The maximum atomic E-state index is 10.6. The molecule has 1 heterocycles. The molecule has 0 fully saturated rings. The topological polar surface area (TPSA) is 72.6 Å². The van der Waals surface area contributed by atoms with Crippen molar-refractivity contribution in [3.05, 3.63) is 22.4 Å². The molecule has 0 aliphatic heterocycles. The molecule has 0 aliphatic rings. The van der Waals surface area contributed by atoms with Gasteiger partial charge in [0.05, 0.1) is 6.10 Å². The minimum absolute atomic E-state index is 0.512. The van der Waals surface area contributed by atoms with Crippen molar-refractivity contribution < 1.29 is 14.6 Å². The second-order valence-electron chi connectivity index (χ2n) is 4.29. The molecule has 3 N–H and O–H groups in total. The molecule has 5 heteroatoms. The predicted molar refractivity (Wildman–Crippen MR) is 63.3 cm³/mol. The first kappa shape index (κ1) is 13.0. The summed E-state index contributed by atoms with van der Waals surface area (Å²) in [5.41, 5.74) is 5.22. The highest BCUT2D eigenvalue weighted by atomic mass is 32.1. The van der Waals surface area contributed by atoms with Gasteiger partial charge in [0.25, 0.3) is 0 Å². The van der Waals surface area contributed by atoms with Gasteiger partial charge >= 0.3 is 6.09 Å². The zero-order chi connectivity index (χ0) is 12.2. The van der Waals surface area contributed by atoms with Crippen molar-refractivity contribution in [2.75, 3.05) is 0 Å². The molecule has 0 saturated heterocycles. The molecule has 0 bridgehead atoms. The van der Waals surface area contributed by atoms with Gasteiger partial charge in [-0.05, 0) is 49.1 Å². The van der Waals surface area contributed by atoms with Crippen molar-refractivity contribution in [2.24, 2.45) is 5.73 Å². The number of amides is 1. The third-order valence-corrected chi connectivity index (χ3v) is 3.03. The summed E-state index contributed by atoms with van der Waals surface area (Å²) in [5, 5.41) is 13.7. The monoisotopic (exact) mass is 243 g/mol. The van der Waals surface area contributed by atoms with E-state index in [4.69, 9.17) is 10.5 Å². The zero-order valence-electron chi connectivity index (χ0n) is 9.47. The molecule has 1 unspecified atom stereocenters. The van der Waals surface area contributed by atoms with E-state index >= 15 is 0 Å². The third kappa shape index (κ3) is 4.20. The Hall–Kier alpha value is -1.07. The number of hydrogen-bond donors (Lipinski definition) is 2. The van der Waals surface area contributed by atoms with Crippen LogP contribution >= 0.6 is 11.3 Å². The summed E-state index contributed by atoms with van der Waals surface area (Å²) in [5.74, 6) is 0. The highest BCUT2D eigenvalue weighted by molar-refractivity contribution is 7.07. The van der Waals surface area contributed by atoms with Gasteiger partial charge in [0, 0.05) is 0 Å². The smallest absolute Gasteiger partial charge is 0.405 e. The van der Waals surface area contributed by atoms with E-state index in [0.29, 0.717) is 12.8 Å². The van der Waals surface area contributed by atoms with Crippen LogP contribution in [0.3, 0.4) is 0 Å². The Morgan fingerprint density at radius 2 is 2.38 bits per heavy atom. The fourth-order valence-corrected chi connectivity index (χ4v) is 2.15. The summed E-state index contributed by atoms with van der Waals surface area (Å²) < 4.78 is 4.94. The van der Waals surface area contributed by atoms with Crippen molar-refractivity contribution in [1.29, 1.82) is 0 Å². The van der Waals surface area contributed by atoms with Crippen LogP contribution in [0.25, 0.3) is 0 Å². The average Bonchev–Trinajstić information content (AvgIpc) is 2.64. The van der Waals surface area contributed by atoms with Crippen molar-refractivity contribution >= 4 is 17.4 Å². The lowest BCUT2D eigenvalue weighted by molar-refractivity contribution is 0.0256. The highest BCUT2D eigenvalue weighted by Crippen LogP contribution is 2.25. The van der Waals surface area contributed by atoms with E-state index in [0.717, 1.165) is 5.56 Å². The number of ether oxygens (including phenoxy) is 1. The van der Waals surface area contributed by atoms with Crippen LogP contribution in [0.4, 0.5) is 4.79 Å². The van der Waals surface area contributed by atoms with E-state index in [1.807, 2.05) is 16.8 Å². The Morgan fingerprint density at radius 1 is 1.69 bits per heavy atom. The molecule has 90 valence electrons. The van der Waals surface area contributed by atoms with Crippen molar-refractivity contribution in [3.8, 4) is 0 Å². The predicted octanol–water partition coefficient (Wildman–Crippen LogP) is 2.44. The summed E-state index contributed by atoms with van der Waals surface area (Å²) in [6.07, 6.45) is -0.193. The fourth-order valence-electron chi connectivity index (χ4n) is 1.44. The quantitative estimate of drug-likeness (QED) is 0.834. The largest absolute Gasteiger partial charge is 0.444 e. The van der Waals surface area contributed by atoms with E-state index in [1.165, 1.54) is 0 Å². The van der Waals surface area contributed by atoms with Gasteiger partial charge in [-0.2, -0.15) is 11.3 Å². The number of aliphatic hydroxyl groups excluding tert-OH is 1. The maximum Gasteiger partial charge on any atom is 0.405 e. The van der Waals surface area contributed by atoms with Crippen molar-refractivity contribution in [1.82, 2.24) is 0 Å². The Balaban J connectivity index is 2.42. The van der Waals surface area contributed by atoms with Crippen LogP contribution < -0.4 is 5.73 Å². The molecule has 1 amide bonds. The fraction of sp³-hybridized carbons (Fsp3) is 0.545. The SMILES string of the molecule is CC(C)(CCC(O)c1ccsc1)OC(N)=O. The van der Waals surface area contributed by atoms with Gasteiger partial charge in [-0.15, -0.1) is 0 Å². The number of carbonyl (C=O) groups excluding carboxylic acids is 1. The molecule has 1 atom stereocenters. The summed E-state index contributed by atoms with van der Waals surface area (Å²) in [4.78, 5) is 10.6. The number of rotatable bonds is 5. The third-order valence-electron chi connectivity index (χ3n) is 2.32. The molecule has 4 nitrogen and oxygen atoms in total. The average molecular weight is 243 g/mol. The second-order valence-corrected chi connectivity index (χ2v) is 5.07. The van der Waals surface area contributed by atoms with E-state index in [-0.39, 0.29) is 0 Å². The molecular formula is C11H17NO3S. The van der Waals surface area contributed by atoms with Crippen molar-refractivity contribution in [3.63, 3.8) is 0 Å². The van der Waals surface area contributed by atoms with Crippen LogP contribution in [-0.4, -0.2) is 16.8 Å². The number of primary amides is 1. The van der Waals surface area contributed by atoms with Gasteiger partial charge < -0.3 is 15.6 Å². The normalized spacial score (nSPS) is 13.4. The summed E-state index contributed by atoms with van der Waals surface area (Å²) in [7, 11) is 0. The maximum absolute atomic E-state index is 10.6. The molecule has 0 spiro atoms. The molecule has 16 heavy (non-hydrogen) atoms. The number of aliphatic hydroxyl groups is 1. The Morgan fingerprint density at radius 3 is 2.88 bits per heavy atom. The van der Waals surface area contributed by atoms with E-state index < -0.39 is 17.8 Å². The van der Waals surface area contributed by atoms with E-state index in [2.05, 4.69) is 0 Å². The number of hydrogen-bond acceptors (Lipinski definition) is 4. The molecule has 1 aromatic rings. The van der Waals surface area contributed by atoms with Crippen LogP contribution in [0, 0.1) is 0 Å². The molecule has 1 rings (SSSR count). The van der Waals surface area contributed by atoms with Gasteiger partial charge in [0.2, 0.25) is 0 Å². The standard InChI is InChI=1S/C11H17NO3S/c1-11(2,15-10(12)14)5-3-9(13)8-4-6-16-7-8/h4,6-7,9,13H,3,5H2,1-2H3,(H2,12,14). The summed E-state index contributed by atoms with van der Waals surface area (Å²) in [6.45, 7) is 3.55. The van der Waals surface area contributed by atoms with Gasteiger partial charge in [-0.1, -0.05) is 0 Å². The lowest BCUT2D eigenvalue weighted by Crippen LogP contribution is -2.31. The summed E-state index contributed by atoms with van der Waals surface area (Å²) in [6, 6.07) is 1.89. The van der Waals surface area contributed by atoms with Crippen LogP contribution in [0.5, 0.6) is 0 Å². The van der Waals surface area contributed by atoms with Crippen LogP contribution in [-0.2, 0) is 4.74 Å². The van der Waals surface area contributed by atoms with E-state index in [9.17, 15) is 9.90 Å². The molecule has 0 aromatic carbocycles. The van der Waals surface area contributed by atoms with Crippen LogP contribution in [0.2, 0.25) is 0 Å². The minimum Gasteiger partial charge on any atom is -0.444 e. The number of carbonyl (C=O) groups is 1. The first-order valence-electron chi connectivity index (χ1n) is 5.09. The Kier molecular flexibility index (Phi) is 4.32.